The van der Waals surface area contributed by atoms with Crippen molar-refractivity contribution in [3.05, 3.63) is 24.3 Å². The number of unbranched alkanes of at least 4 members (excludes halogenated alkanes) is 2. The lowest BCUT2D eigenvalue weighted by Crippen LogP contribution is -2.44. The molecule has 0 aliphatic rings. The van der Waals surface area contributed by atoms with Crippen LogP contribution in [0.15, 0.2) is 24.3 Å². The number of nitrogens with one attached hydrogen (secondary N) is 2. The molecule has 7 nitrogen and oxygen atoms in total. The van der Waals surface area contributed by atoms with Crippen molar-refractivity contribution in [2.24, 2.45) is 0 Å². The van der Waals surface area contributed by atoms with Crippen molar-refractivity contribution in [3.8, 4) is 0 Å². The minimum absolute atomic E-state index is 0.193. The van der Waals surface area contributed by atoms with Gasteiger partial charge in [0, 0.05) is 37.6 Å². The lowest BCUT2D eigenvalue weighted by Gasteiger charge is -2.38. The zero-order valence-electron chi connectivity index (χ0n) is 27.7. The van der Waals surface area contributed by atoms with E-state index in [4.69, 9.17) is 8.85 Å². The van der Waals surface area contributed by atoms with Gasteiger partial charge in [0.25, 0.3) is 0 Å². The molecular weight excluding hydrogens is 555 g/mol. The minimum atomic E-state index is -3.17. The molecule has 0 fully saturated rings. The fourth-order valence-corrected chi connectivity index (χ4v) is 6.29. The summed E-state index contributed by atoms with van der Waals surface area (Å²) in [7, 11) is -6.78. The first-order chi connectivity index (χ1) is 18.2. The van der Waals surface area contributed by atoms with E-state index in [1.807, 2.05) is 0 Å². The molecule has 1 rings (SSSR count). The Hall–Kier alpha value is -0.916. The zero-order chi connectivity index (χ0) is 30.8. The third kappa shape index (κ3) is 12.5. The van der Waals surface area contributed by atoms with Crippen LogP contribution in [0, 0.1) is 0 Å². The molecule has 0 spiro atoms. The van der Waals surface area contributed by atoms with Crippen molar-refractivity contribution >= 4 is 38.0 Å². The lowest BCUT2D eigenvalue weighted by molar-refractivity contribution is 0.276. The van der Waals surface area contributed by atoms with Gasteiger partial charge in [0.2, 0.25) is 10.0 Å². The first kappa shape index (κ1) is 37.1. The Balaban J connectivity index is 2.69. The monoisotopic (exact) mass is 615 g/mol. The lowest BCUT2D eigenvalue weighted by atomic mass is 10.2. The Kier molecular flexibility index (Phi) is 14.4. The number of hydrogen-bond donors (Lipinski definition) is 2. The van der Waals surface area contributed by atoms with Gasteiger partial charge in [0.05, 0.1) is 18.5 Å². The van der Waals surface area contributed by atoms with Crippen LogP contribution in [-0.2, 0) is 18.9 Å². The first-order valence-corrected chi connectivity index (χ1v) is 22.4. The molecule has 234 valence electrons. The molecule has 0 atom stereocenters. The van der Waals surface area contributed by atoms with Gasteiger partial charge < -0.3 is 19.1 Å². The third-order valence-corrected chi connectivity index (χ3v) is 19.5. The average Bonchev–Trinajstić information content (AvgIpc) is 2.81. The molecule has 0 amide bonds. The highest BCUT2D eigenvalue weighted by Crippen LogP contribution is 2.37. The number of benzene rings is 1. The Morgan fingerprint density at radius 1 is 0.775 bits per heavy atom. The van der Waals surface area contributed by atoms with Gasteiger partial charge >= 0.3 is 0 Å². The molecule has 0 heterocycles. The van der Waals surface area contributed by atoms with Gasteiger partial charge in [-0.25, -0.2) is 13.1 Å². The van der Waals surface area contributed by atoms with Crippen LogP contribution in [-0.4, -0.2) is 69.7 Å². The van der Waals surface area contributed by atoms with Gasteiger partial charge in [0.1, 0.15) is 0 Å². The maximum Gasteiger partial charge on any atom is 0.213 e. The van der Waals surface area contributed by atoms with Crippen molar-refractivity contribution in [3.63, 3.8) is 0 Å². The zero-order valence-corrected chi connectivity index (χ0v) is 30.6. The average molecular weight is 616 g/mol. The molecule has 2 N–H and O–H groups in total. The molecule has 40 heavy (non-hydrogen) atoms. The van der Waals surface area contributed by atoms with E-state index in [9.17, 15) is 8.42 Å². The van der Waals surface area contributed by atoms with Crippen LogP contribution in [0.2, 0.25) is 36.3 Å². The number of rotatable bonds is 18. The largest absolute Gasteiger partial charge is 0.415 e. The summed E-state index contributed by atoms with van der Waals surface area (Å²) in [5.74, 6) is 0. The second kappa shape index (κ2) is 15.5. The van der Waals surface area contributed by atoms with Gasteiger partial charge in [-0.3, -0.25) is 0 Å². The van der Waals surface area contributed by atoms with Crippen molar-refractivity contribution in [2.45, 2.75) is 116 Å². The minimum Gasteiger partial charge on any atom is -0.415 e. The predicted octanol–water partition coefficient (Wildman–Crippen LogP) is 7.45. The van der Waals surface area contributed by atoms with Crippen LogP contribution < -0.4 is 14.9 Å². The van der Waals surface area contributed by atoms with E-state index < -0.39 is 26.7 Å². The molecule has 0 aliphatic carbocycles. The molecule has 1 aromatic carbocycles. The molecular formula is C30H61N3O4SSi2. The SMILES string of the molecule is CC(C)S(=O)(=O)NCCCCCNc1ccc(N(CCO[Si](C)(C)C(C)(C)C)CCO[Si](C)(C)C(C)(C)C)cc1. The molecule has 0 unspecified atom stereocenters. The second-order valence-corrected chi connectivity index (χ2v) is 26.2. The summed E-state index contributed by atoms with van der Waals surface area (Å²) >= 11 is 0. The van der Waals surface area contributed by atoms with Gasteiger partial charge in [0.15, 0.2) is 16.6 Å². The molecule has 10 heteroatoms. The first-order valence-electron chi connectivity index (χ1n) is 15.0. The van der Waals surface area contributed by atoms with Gasteiger partial charge in [-0.05, 0) is 87.2 Å². The molecule has 0 bridgehead atoms. The maximum atomic E-state index is 11.8. The third-order valence-electron chi connectivity index (χ3n) is 8.60. The Morgan fingerprint density at radius 2 is 1.23 bits per heavy atom. The van der Waals surface area contributed by atoms with Crippen LogP contribution in [0.1, 0.15) is 74.7 Å². The van der Waals surface area contributed by atoms with E-state index in [1.165, 1.54) is 5.69 Å². The summed E-state index contributed by atoms with van der Waals surface area (Å²) in [6.45, 7) is 30.8. The number of hydrogen-bond acceptors (Lipinski definition) is 6. The van der Waals surface area contributed by atoms with E-state index in [-0.39, 0.29) is 15.3 Å². The topological polar surface area (TPSA) is 79.9 Å². The summed E-state index contributed by atoms with van der Waals surface area (Å²) in [6, 6.07) is 8.65. The van der Waals surface area contributed by atoms with E-state index >= 15 is 0 Å². The highest BCUT2D eigenvalue weighted by molar-refractivity contribution is 7.90. The molecule has 0 radical (unpaired) electrons. The van der Waals surface area contributed by atoms with Crippen LogP contribution >= 0.6 is 0 Å². The molecule has 0 aliphatic heterocycles. The summed E-state index contributed by atoms with van der Waals surface area (Å²) in [5.41, 5.74) is 2.28. The molecule has 0 saturated heterocycles. The van der Waals surface area contributed by atoms with Crippen molar-refractivity contribution < 1.29 is 17.3 Å². The van der Waals surface area contributed by atoms with Crippen LogP contribution in [0.5, 0.6) is 0 Å². The van der Waals surface area contributed by atoms with E-state index in [0.717, 1.165) is 44.6 Å². The van der Waals surface area contributed by atoms with Crippen LogP contribution in [0.3, 0.4) is 0 Å². The van der Waals surface area contributed by atoms with E-state index in [0.29, 0.717) is 19.8 Å². The molecule has 0 saturated carbocycles. The van der Waals surface area contributed by atoms with Gasteiger partial charge in [-0.15, -0.1) is 0 Å². The van der Waals surface area contributed by atoms with Gasteiger partial charge in [-0.1, -0.05) is 48.0 Å². The summed E-state index contributed by atoms with van der Waals surface area (Å²) < 4.78 is 39.3. The smallest absolute Gasteiger partial charge is 0.213 e. The standard InChI is InChI=1S/C30H61N3O4SSi2/c1-26(2)38(34,35)32-21-15-13-14-20-31-27-16-18-28(19-17-27)33(22-24-36-39(9,10)29(3,4)5)23-25-37-40(11,12)30(6,7)8/h16-19,26,31-32H,13-15,20-25H2,1-12H3. The quantitative estimate of drug-likeness (QED) is 0.132. The number of sulfonamides is 1. The van der Waals surface area contributed by atoms with Crippen molar-refractivity contribution in [1.29, 1.82) is 0 Å². The van der Waals surface area contributed by atoms with E-state index in [2.05, 4.69) is 107 Å². The Morgan fingerprint density at radius 3 is 1.65 bits per heavy atom. The summed E-state index contributed by atoms with van der Waals surface area (Å²) in [6.07, 6.45) is 2.81. The van der Waals surface area contributed by atoms with Crippen LogP contribution in [0.4, 0.5) is 11.4 Å². The maximum absolute atomic E-state index is 11.8. The Bertz CT molecular complexity index is 938. The fraction of sp³-hybridized carbons (Fsp3) is 0.800. The van der Waals surface area contributed by atoms with E-state index in [1.54, 1.807) is 13.8 Å². The van der Waals surface area contributed by atoms with Gasteiger partial charge in [-0.2, -0.15) is 0 Å². The highest BCUT2D eigenvalue weighted by Gasteiger charge is 2.38. The number of nitrogens with zero attached hydrogens (tertiary/aromatic N) is 1. The van der Waals surface area contributed by atoms with Crippen LogP contribution in [0.25, 0.3) is 0 Å². The number of anilines is 2. The van der Waals surface area contributed by atoms with Crippen molar-refractivity contribution in [1.82, 2.24) is 4.72 Å². The Labute approximate surface area is 249 Å². The molecule has 0 aromatic heterocycles. The fourth-order valence-electron chi connectivity index (χ4n) is 3.46. The van der Waals surface area contributed by atoms with Crippen molar-refractivity contribution in [2.75, 3.05) is 49.6 Å². The summed E-state index contributed by atoms with van der Waals surface area (Å²) in [5, 5.41) is 3.50. The second-order valence-electron chi connectivity index (χ2n) is 14.2. The predicted molar refractivity (Wildman–Crippen MR) is 179 cm³/mol. The molecule has 1 aromatic rings. The normalized spacial score (nSPS) is 13.6. The summed E-state index contributed by atoms with van der Waals surface area (Å²) in [4.78, 5) is 2.39. The highest BCUT2D eigenvalue weighted by atomic mass is 32.2.